The third-order valence-electron chi connectivity index (χ3n) is 3.44. The zero-order valence-electron chi connectivity index (χ0n) is 8.17. The molecule has 0 aromatic heterocycles. The molecule has 1 heterocycles. The molecule has 1 saturated heterocycles. The SMILES string of the molecule is NNC(CC1CCC1)C1CCCO1. The smallest absolute Gasteiger partial charge is 0.0742 e. The summed E-state index contributed by atoms with van der Waals surface area (Å²) >= 11 is 0. The Morgan fingerprint density at radius 3 is 2.62 bits per heavy atom. The molecule has 3 N–H and O–H groups in total. The summed E-state index contributed by atoms with van der Waals surface area (Å²) in [5.41, 5.74) is 2.92. The molecule has 0 amide bonds. The molecular weight excluding hydrogens is 164 g/mol. The van der Waals surface area contributed by atoms with Gasteiger partial charge in [0, 0.05) is 12.6 Å². The van der Waals surface area contributed by atoms with E-state index in [1.807, 2.05) is 0 Å². The van der Waals surface area contributed by atoms with Gasteiger partial charge < -0.3 is 4.74 Å². The molecule has 1 aliphatic heterocycles. The summed E-state index contributed by atoms with van der Waals surface area (Å²) in [5.74, 6) is 6.46. The van der Waals surface area contributed by atoms with Crippen LogP contribution in [0.25, 0.3) is 0 Å². The van der Waals surface area contributed by atoms with E-state index in [9.17, 15) is 0 Å². The molecule has 0 spiro atoms. The van der Waals surface area contributed by atoms with Crippen LogP contribution in [0.3, 0.4) is 0 Å². The lowest BCUT2D eigenvalue weighted by Gasteiger charge is -2.31. The second-order valence-corrected chi connectivity index (χ2v) is 4.36. The first kappa shape index (κ1) is 9.44. The molecule has 2 fully saturated rings. The molecule has 2 unspecified atom stereocenters. The number of hydrogen-bond acceptors (Lipinski definition) is 3. The number of nitrogens with two attached hydrogens (primary N) is 1. The summed E-state index contributed by atoms with van der Waals surface area (Å²) in [5, 5.41) is 0. The first-order valence-corrected chi connectivity index (χ1v) is 5.48. The Morgan fingerprint density at radius 1 is 1.31 bits per heavy atom. The predicted molar refractivity (Wildman–Crippen MR) is 52.0 cm³/mol. The van der Waals surface area contributed by atoms with Crippen LogP contribution in [-0.2, 0) is 4.74 Å². The van der Waals surface area contributed by atoms with E-state index in [0.29, 0.717) is 12.1 Å². The van der Waals surface area contributed by atoms with Crippen LogP contribution in [0.15, 0.2) is 0 Å². The average Bonchev–Trinajstić information content (AvgIpc) is 2.55. The van der Waals surface area contributed by atoms with Gasteiger partial charge in [0.05, 0.1) is 6.10 Å². The minimum Gasteiger partial charge on any atom is -0.377 e. The van der Waals surface area contributed by atoms with Crippen molar-refractivity contribution in [2.24, 2.45) is 11.8 Å². The Labute approximate surface area is 80.0 Å². The maximum absolute atomic E-state index is 5.63. The van der Waals surface area contributed by atoms with Crippen LogP contribution in [0.4, 0.5) is 0 Å². The van der Waals surface area contributed by atoms with Crippen LogP contribution in [0.1, 0.15) is 38.5 Å². The Hall–Kier alpha value is -0.120. The van der Waals surface area contributed by atoms with Crippen molar-refractivity contribution in [3.8, 4) is 0 Å². The minimum absolute atomic E-state index is 0.380. The molecule has 0 radical (unpaired) electrons. The lowest BCUT2D eigenvalue weighted by molar-refractivity contribution is 0.0637. The summed E-state index contributed by atoms with van der Waals surface area (Å²) in [6.07, 6.45) is 8.17. The van der Waals surface area contributed by atoms with E-state index >= 15 is 0 Å². The van der Waals surface area contributed by atoms with Crippen LogP contribution < -0.4 is 11.3 Å². The van der Waals surface area contributed by atoms with Gasteiger partial charge in [-0.05, 0) is 25.2 Å². The highest BCUT2D eigenvalue weighted by molar-refractivity contribution is 4.83. The standard InChI is InChI=1S/C10H20N2O/c11-12-9(7-8-3-1-4-8)10-5-2-6-13-10/h8-10,12H,1-7,11H2. The molecule has 0 aromatic rings. The summed E-state index contributed by atoms with van der Waals surface area (Å²) in [6.45, 7) is 0.924. The summed E-state index contributed by atoms with van der Waals surface area (Å²) in [7, 11) is 0. The van der Waals surface area contributed by atoms with Gasteiger partial charge in [0.2, 0.25) is 0 Å². The third kappa shape index (κ3) is 2.22. The van der Waals surface area contributed by atoms with Crippen LogP contribution in [0.2, 0.25) is 0 Å². The fourth-order valence-corrected chi connectivity index (χ4v) is 2.33. The number of nitrogens with one attached hydrogen (secondary N) is 1. The van der Waals surface area contributed by atoms with E-state index in [2.05, 4.69) is 5.43 Å². The molecule has 3 heteroatoms. The molecular formula is C10H20N2O. The molecule has 76 valence electrons. The molecule has 3 nitrogen and oxygen atoms in total. The van der Waals surface area contributed by atoms with E-state index in [-0.39, 0.29) is 0 Å². The van der Waals surface area contributed by atoms with Crippen LogP contribution in [0, 0.1) is 5.92 Å². The van der Waals surface area contributed by atoms with E-state index in [1.54, 1.807) is 0 Å². The number of hydrazine groups is 1. The van der Waals surface area contributed by atoms with Crippen molar-refractivity contribution in [3.63, 3.8) is 0 Å². The fourth-order valence-electron chi connectivity index (χ4n) is 2.33. The molecule has 0 aromatic carbocycles. The van der Waals surface area contributed by atoms with E-state index in [4.69, 9.17) is 10.6 Å². The van der Waals surface area contributed by atoms with Gasteiger partial charge in [-0.3, -0.25) is 11.3 Å². The van der Waals surface area contributed by atoms with E-state index in [0.717, 1.165) is 12.5 Å². The highest BCUT2D eigenvalue weighted by Gasteiger charge is 2.29. The summed E-state index contributed by atoms with van der Waals surface area (Å²) in [6, 6.07) is 0.396. The van der Waals surface area contributed by atoms with Crippen molar-refractivity contribution in [2.45, 2.75) is 50.7 Å². The zero-order chi connectivity index (χ0) is 9.10. The number of hydrogen-bond donors (Lipinski definition) is 2. The molecule has 13 heavy (non-hydrogen) atoms. The fraction of sp³-hybridized carbons (Fsp3) is 1.00. The van der Waals surface area contributed by atoms with Gasteiger partial charge in [-0.15, -0.1) is 0 Å². The van der Waals surface area contributed by atoms with Crippen molar-refractivity contribution in [3.05, 3.63) is 0 Å². The number of rotatable bonds is 4. The molecule has 2 atom stereocenters. The van der Waals surface area contributed by atoms with Gasteiger partial charge in [0.1, 0.15) is 0 Å². The van der Waals surface area contributed by atoms with Gasteiger partial charge in [-0.25, -0.2) is 0 Å². The first-order valence-electron chi connectivity index (χ1n) is 5.48. The Bertz CT molecular complexity index is 153. The van der Waals surface area contributed by atoms with Gasteiger partial charge in [-0.1, -0.05) is 19.3 Å². The highest BCUT2D eigenvalue weighted by atomic mass is 16.5. The van der Waals surface area contributed by atoms with Crippen LogP contribution in [0.5, 0.6) is 0 Å². The largest absolute Gasteiger partial charge is 0.377 e. The van der Waals surface area contributed by atoms with Gasteiger partial charge in [0.15, 0.2) is 0 Å². The van der Waals surface area contributed by atoms with Crippen LogP contribution in [-0.4, -0.2) is 18.8 Å². The first-order chi connectivity index (χ1) is 6.40. The van der Waals surface area contributed by atoms with E-state index in [1.165, 1.54) is 38.5 Å². The third-order valence-corrected chi connectivity index (χ3v) is 3.44. The van der Waals surface area contributed by atoms with E-state index < -0.39 is 0 Å². The maximum Gasteiger partial charge on any atom is 0.0742 e. The second kappa shape index (κ2) is 4.40. The highest BCUT2D eigenvalue weighted by Crippen LogP contribution is 2.32. The zero-order valence-corrected chi connectivity index (χ0v) is 8.17. The summed E-state index contributed by atoms with van der Waals surface area (Å²) in [4.78, 5) is 0. The Balaban J connectivity index is 1.77. The quantitative estimate of drug-likeness (QED) is 0.509. The predicted octanol–water partition coefficient (Wildman–Crippen LogP) is 1.19. The van der Waals surface area contributed by atoms with Crippen molar-refractivity contribution < 1.29 is 4.74 Å². The molecule has 0 bridgehead atoms. The molecule has 2 aliphatic rings. The molecule has 1 aliphatic carbocycles. The molecule has 2 rings (SSSR count). The van der Waals surface area contributed by atoms with Crippen molar-refractivity contribution in [1.29, 1.82) is 0 Å². The topological polar surface area (TPSA) is 47.3 Å². The monoisotopic (exact) mass is 184 g/mol. The van der Waals surface area contributed by atoms with Gasteiger partial charge >= 0.3 is 0 Å². The lowest BCUT2D eigenvalue weighted by Crippen LogP contribution is -2.45. The van der Waals surface area contributed by atoms with Crippen molar-refractivity contribution in [2.75, 3.05) is 6.61 Å². The normalized spacial score (nSPS) is 31.6. The summed E-state index contributed by atoms with van der Waals surface area (Å²) < 4.78 is 5.63. The Kier molecular flexibility index (Phi) is 3.19. The maximum atomic E-state index is 5.63. The van der Waals surface area contributed by atoms with Crippen molar-refractivity contribution in [1.82, 2.24) is 5.43 Å². The lowest BCUT2D eigenvalue weighted by atomic mass is 9.80. The Morgan fingerprint density at radius 2 is 2.15 bits per heavy atom. The van der Waals surface area contributed by atoms with Gasteiger partial charge in [-0.2, -0.15) is 0 Å². The minimum atomic E-state index is 0.380. The van der Waals surface area contributed by atoms with Crippen LogP contribution >= 0.6 is 0 Å². The molecule has 1 saturated carbocycles. The second-order valence-electron chi connectivity index (χ2n) is 4.36. The number of ether oxygens (including phenoxy) is 1. The van der Waals surface area contributed by atoms with Crippen molar-refractivity contribution >= 4 is 0 Å². The van der Waals surface area contributed by atoms with Gasteiger partial charge in [0.25, 0.3) is 0 Å². The average molecular weight is 184 g/mol.